The Kier molecular flexibility index (Phi) is 8.29. The maximum atomic E-state index is 13.4. The summed E-state index contributed by atoms with van der Waals surface area (Å²) in [6, 6.07) is 18.8. The molecule has 0 bridgehead atoms. The molecular weight excluding hydrogens is 462 g/mol. The van der Waals surface area contributed by atoms with Crippen LogP contribution in [0.15, 0.2) is 66.9 Å². The van der Waals surface area contributed by atoms with Gasteiger partial charge in [0.2, 0.25) is 0 Å². The lowest BCUT2D eigenvalue weighted by Gasteiger charge is -2.19. The third kappa shape index (κ3) is 6.39. The largest absolute Gasteiger partial charge is 0.490 e. The van der Waals surface area contributed by atoms with Gasteiger partial charge in [-0.3, -0.25) is 4.79 Å². The van der Waals surface area contributed by atoms with Crippen LogP contribution in [0.4, 0.5) is 0 Å². The highest BCUT2D eigenvalue weighted by Crippen LogP contribution is 2.23. The Bertz CT molecular complexity index is 1460. The maximum Gasteiger partial charge on any atom is 0.255 e. The monoisotopic (exact) mass is 495 g/mol. The molecule has 3 aromatic carbocycles. The van der Waals surface area contributed by atoms with E-state index in [0.29, 0.717) is 29.8 Å². The van der Waals surface area contributed by atoms with E-state index in [-0.39, 0.29) is 18.6 Å². The average Bonchev–Trinajstić information content (AvgIpc) is 3.30. The number of hydrogen-bond acceptors (Lipinski definition) is 4. The Hall–Kier alpha value is -4.05. The number of rotatable bonds is 8. The molecule has 0 aliphatic rings. The van der Waals surface area contributed by atoms with Crippen LogP contribution >= 0.6 is 0 Å². The fraction of sp³-hybridized carbons (Fsp3) is 0.258. The molecule has 37 heavy (non-hydrogen) atoms. The number of nitrogens with two attached hydrogens (primary N) is 1. The average molecular weight is 496 g/mol. The second kappa shape index (κ2) is 11.8. The molecule has 5 N–H and O–H groups in total. The van der Waals surface area contributed by atoms with Crippen molar-refractivity contribution in [2.45, 2.75) is 45.9 Å². The van der Waals surface area contributed by atoms with Gasteiger partial charge in [0.15, 0.2) is 0 Å². The number of carbonyl (C=O) groups is 1. The Morgan fingerprint density at radius 1 is 1.11 bits per heavy atom. The number of fused-ring (bicyclic) bond motifs is 1. The van der Waals surface area contributed by atoms with Gasteiger partial charge in [0.1, 0.15) is 5.75 Å². The maximum absolute atomic E-state index is 13.4. The SMILES string of the molecule is Cc1cc(CN)ccc1C#Cc1ccc(OC(C)C)c(C(=O)N[C@@H](CO)Cc2c[nH]c3ccccc23)c1. The van der Waals surface area contributed by atoms with Crippen LogP contribution in [0.25, 0.3) is 10.9 Å². The normalized spacial score (nSPS) is 11.7. The molecule has 190 valence electrons. The van der Waals surface area contributed by atoms with E-state index in [9.17, 15) is 9.90 Å². The highest BCUT2D eigenvalue weighted by molar-refractivity contribution is 5.97. The molecule has 4 aromatic rings. The van der Waals surface area contributed by atoms with Crippen LogP contribution in [0.5, 0.6) is 5.75 Å². The number of carbonyl (C=O) groups excluding carboxylic acids is 1. The van der Waals surface area contributed by atoms with Crippen molar-refractivity contribution in [1.29, 1.82) is 0 Å². The zero-order chi connectivity index (χ0) is 26.4. The summed E-state index contributed by atoms with van der Waals surface area (Å²) in [5, 5.41) is 14.1. The molecule has 1 heterocycles. The Morgan fingerprint density at radius 3 is 2.65 bits per heavy atom. The van der Waals surface area contributed by atoms with E-state index in [1.807, 2.05) is 75.5 Å². The molecule has 1 atom stereocenters. The molecule has 4 rings (SSSR count). The number of hydrogen-bond donors (Lipinski definition) is 4. The van der Waals surface area contributed by atoms with Crippen molar-refractivity contribution in [3.63, 3.8) is 0 Å². The topological polar surface area (TPSA) is 100 Å². The summed E-state index contributed by atoms with van der Waals surface area (Å²) < 4.78 is 5.92. The number of aromatic amines is 1. The molecule has 0 saturated heterocycles. The van der Waals surface area contributed by atoms with Crippen molar-refractivity contribution in [1.82, 2.24) is 10.3 Å². The lowest BCUT2D eigenvalue weighted by atomic mass is 10.0. The molecule has 0 radical (unpaired) electrons. The minimum Gasteiger partial charge on any atom is -0.490 e. The van der Waals surface area contributed by atoms with Gasteiger partial charge in [-0.2, -0.15) is 0 Å². The number of aliphatic hydroxyl groups is 1. The van der Waals surface area contributed by atoms with Gasteiger partial charge in [-0.05, 0) is 74.2 Å². The number of para-hydroxylation sites is 1. The number of aryl methyl sites for hydroxylation is 1. The number of aliphatic hydroxyl groups excluding tert-OH is 1. The fourth-order valence-electron chi connectivity index (χ4n) is 4.26. The van der Waals surface area contributed by atoms with Crippen molar-refractivity contribution in [2.24, 2.45) is 5.73 Å². The summed E-state index contributed by atoms with van der Waals surface area (Å²) in [5.74, 6) is 6.53. The molecular formula is C31H33N3O3. The molecule has 1 aromatic heterocycles. The van der Waals surface area contributed by atoms with Crippen molar-refractivity contribution < 1.29 is 14.6 Å². The van der Waals surface area contributed by atoms with Gasteiger partial charge in [0.05, 0.1) is 24.3 Å². The fourth-order valence-corrected chi connectivity index (χ4v) is 4.26. The lowest BCUT2D eigenvalue weighted by Crippen LogP contribution is -2.39. The van der Waals surface area contributed by atoms with Crippen molar-refractivity contribution in [3.05, 3.63) is 100 Å². The van der Waals surface area contributed by atoms with E-state index in [2.05, 4.69) is 22.1 Å². The van der Waals surface area contributed by atoms with Gasteiger partial charge in [-0.1, -0.05) is 42.2 Å². The number of amides is 1. The van der Waals surface area contributed by atoms with Crippen LogP contribution in [0.3, 0.4) is 0 Å². The first-order valence-corrected chi connectivity index (χ1v) is 12.5. The van der Waals surface area contributed by atoms with Crippen LogP contribution < -0.4 is 15.8 Å². The number of benzene rings is 3. The van der Waals surface area contributed by atoms with Crippen LogP contribution in [0.2, 0.25) is 0 Å². The molecule has 0 aliphatic carbocycles. The summed E-state index contributed by atoms with van der Waals surface area (Å²) in [5.41, 5.74) is 11.9. The molecule has 0 fully saturated rings. The molecule has 0 spiro atoms. The van der Waals surface area contributed by atoms with E-state index in [4.69, 9.17) is 10.5 Å². The predicted molar refractivity (Wildman–Crippen MR) is 148 cm³/mol. The van der Waals surface area contributed by atoms with Crippen LogP contribution in [0.1, 0.15) is 52.0 Å². The highest BCUT2D eigenvalue weighted by atomic mass is 16.5. The van der Waals surface area contributed by atoms with E-state index >= 15 is 0 Å². The van der Waals surface area contributed by atoms with E-state index in [1.165, 1.54) is 0 Å². The molecule has 6 nitrogen and oxygen atoms in total. The second-order valence-electron chi connectivity index (χ2n) is 9.40. The van der Waals surface area contributed by atoms with Crippen LogP contribution in [-0.4, -0.2) is 34.8 Å². The Morgan fingerprint density at radius 2 is 1.92 bits per heavy atom. The van der Waals surface area contributed by atoms with Gasteiger partial charge in [0, 0.05) is 34.8 Å². The zero-order valence-corrected chi connectivity index (χ0v) is 21.5. The molecule has 1 amide bonds. The molecule has 0 unspecified atom stereocenters. The van der Waals surface area contributed by atoms with Gasteiger partial charge >= 0.3 is 0 Å². The second-order valence-corrected chi connectivity index (χ2v) is 9.40. The first-order chi connectivity index (χ1) is 17.9. The first kappa shape index (κ1) is 26.0. The first-order valence-electron chi connectivity index (χ1n) is 12.5. The quantitative estimate of drug-likeness (QED) is 0.271. The number of ether oxygens (including phenoxy) is 1. The molecule has 6 heteroatoms. The predicted octanol–water partition coefficient (Wildman–Crippen LogP) is 4.46. The molecule has 0 aliphatic heterocycles. The smallest absolute Gasteiger partial charge is 0.255 e. The van der Waals surface area contributed by atoms with E-state index in [1.54, 1.807) is 12.1 Å². The minimum atomic E-state index is -0.461. The summed E-state index contributed by atoms with van der Waals surface area (Å²) >= 11 is 0. The van der Waals surface area contributed by atoms with Crippen LogP contribution in [-0.2, 0) is 13.0 Å². The van der Waals surface area contributed by atoms with Crippen LogP contribution in [0, 0.1) is 18.8 Å². The van der Waals surface area contributed by atoms with Gasteiger partial charge in [-0.15, -0.1) is 0 Å². The minimum absolute atomic E-state index is 0.105. The van der Waals surface area contributed by atoms with E-state index < -0.39 is 6.04 Å². The highest BCUT2D eigenvalue weighted by Gasteiger charge is 2.19. The summed E-state index contributed by atoms with van der Waals surface area (Å²) in [7, 11) is 0. The Balaban J connectivity index is 1.58. The van der Waals surface area contributed by atoms with Gasteiger partial charge in [0.25, 0.3) is 5.91 Å². The zero-order valence-electron chi connectivity index (χ0n) is 21.5. The van der Waals surface area contributed by atoms with Crippen molar-refractivity contribution >= 4 is 16.8 Å². The number of nitrogens with one attached hydrogen (secondary N) is 2. The number of H-pyrrole nitrogens is 1. The Labute approximate surface area is 217 Å². The van der Waals surface area contributed by atoms with Crippen molar-refractivity contribution in [3.8, 4) is 17.6 Å². The third-order valence-corrected chi connectivity index (χ3v) is 6.15. The standard InChI is InChI=1S/C31H33N3O3/c1-20(2)37-30-13-10-22(8-11-24-12-9-23(17-32)14-21(24)3)15-28(30)31(36)34-26(19-35)16-25-18-33-29-7-5-4-6-27(25)29/h4-7,9-10,12-15,18,20,26,33,35H,16-17,19,32H2,1-3H3,(H,34,36)/t26-/m1/s1. The number of aromatic nitrogens is 1. The lowest BCUT2D eigenvalue weighted by molar-refractivity contribution is 0.0910. The summed E-state index contributed by atoms with van der Waals surface area (Å²) in [6.07, 6.45) is 2.31. The molecule has 0 saturated carbocycles. The van der Waals surface area contributed by atoms with Gasteiger partial charge in [-0.25, -0.2) is 0 Å². The van der Waals surface area contributed by atoms with E-state index in [0.717, 1.165) is 33.2 Å². The summed E-state index contributed by atoms with van der Waals surface area (Å²) in [6.45, 7) is 6.13. The summed E-state index contributed by atoms with van der Waals surface area (Å²) in [4.78, 5) is 16.6. The van der Waals surface area contributed by atoms with Gasteiger partial charge < -0.3 is 25.9 Å². The van der Waals surface area contributed by atoms with Crippen molar-refractivity contribution in [2.75, 3.05) is 6.61 Å². The third-order valence-electron chi connectivity index (χ3n) is 6.15.